The first-order chi connectivity index (χ1) is 11.0. The Labute approximate surface area is 134 Å². The van der Waals surface area contributed by atoms with Crippen molar-refractivity contribution in [3.05, 3.63) is 48.5 Å². The molecule has 6 nitrogen and oxygen atoms in total. The predicted octanol–water partition coefficient (Wildman–Crippen LogP) is 2.23. The monoisotopic (exact) mass is 332 g/mol. The molecule has 0 saturated carbocycles. The highest BCUT2D eigenvalue weighted by Crippen LogP contribution is 2.33. The molecule has 7 heteroatoms. The third-order valence-corrected chi connectivity index (χ3v) is 4.97. The molecule has 1 heterocycles. The highest BCUT2D eigenvalue weighted by Gasteiger charge is 2.21. The summed E-state index contributed by atoms with van der Waals surface area (Å²) in [6, 6.07) is 13.0. The molecule has 120 valence electrons. The Morgan fingerprint density at radius 3 is 2.61 bits per heavy atom. The zero-order valence-corrected chi connectivity index (χ0v) is 13.3. The number of amides is 1. The average molecular weight is 332 g/mol. The summed E-state index contributed by atoms with van der Waals surface area (Å²) in [5, 5.41) is 0. The fourth-order valence-electron chi connectivity index (χ4n) is 2.33. The van der Waals surface area contributed by atoms with Crippen molar-refractivity contribution < 1.29 is 17.9 Å². The lowest BCUT2D eigenvalue weighted by Gasteiger charge is -2.18. The maximum atomic E-state index is 12.4. The topological polar surface area (TPSA) is 75.7 Å². The molecule has 2 aromatic rings. The summed E-state index contributed by atoms with van der Waals surface area (Å²) in [7, 11) is -2.03. The van der Waals surface area contributed by atoms with Gasteiger partial charge in [0.2, 0.25) is 5.91 Å². The minimum Gasteiger partial charge on any atom is -0.491 e. The summed E-state index contributed by atoms with van der Waals surface area (Å²) in [6.45, 7) is 0.311. The smallest absolute Gasteiger partial charge is 0.261 e. The van der Waals surface area contributed by atoms with Crippen LogP contribution in [0.2, 0.25) is 0 Å². The van der Waals surface area contributed by atoms with E-state index in [0.29, 0.717) is 23.7 Å². The van der Waals surface area contributed by atoms with Gasteiger partial charge in [0.15, 0.2) is 0 Å². The number of fused-ring (bicyclic) bond motifs is 1. The van der Waals surface area contributed by atoms with Crippen LogP contribution in [0.4, 0.5) is 11.4 Å². The van der Waals surface area contributed by atoms with Crippen molar-refractivity contribution in [3.8, 4) is 5.75 Å². The molecular formula is C16H16N2O4S. The van der Waals surface area contributed by atoms with Crippen molar-refractivity contribution in [1.82, 2.24) is 0 Å². The van der Waals surface area contributed by atoms with Crippen LogP contribution in [0.1, 0.15) is 6.42 Å². The number of ether oxygens (including phenoxy) is 1. The number of carbonyl (C=O) groups excluding carboxylic acids is 1. The van der Waals surface area contributed by atoms with Crippen molar-refractivity contribution in [2.45, 2.75) is 11.3 Å². The van der Waals surface area contributed by atoms with Crippen molar-refractivity contribution in [2.24, 2.45) is 0 Å². The lowest BCUT2D eigenvalue weighted by atomic mass is 10.2. The van der Waals surface area contributed by atoms with E-state index < -0.39 is 10.0 Å². The standard InChI is InChI=1S/C16H16N2O4S/c1-18-14-11-12(7-8-15(14)22-10-9-16(18)19)17-23(20,21)13-5-3-2-4-6-13/h2-8,11,17H,9-10H2,1H3. The lowest BCUT2D eigenvalue weighted by molar-refractivity contribution is -0.118. The molecule has 0 saturated heterocycles. The minimum atomic E-state index is -3.67. The second-order valence-electron chi connectivity index (χ2n) is 5.15. The number of carbonyl (C=O) groups is 1. The van der Waals surface area contributed by atoms with Crippen molar-refractivity contribution in [1.29, 1.82) is 0 Å². The molecule has 1 aliphatic rings. The van der Waals surface area contributed by atoms with Crippen LogP contribution in [0.25, 0.3) is 0 Å². The molecule has 23 heavy (non-hydrogen) atoms. The van der Waals surface area contributed by atoms with Crippen LogP contribution >= 0.6 is 0 Å². The van der Waals surface area contributed by atoms with Crippen molar-refractivity contribution in [2.75, 3.05) is 23.3 Å². The lowest BCUT2D eigenvalue weighted by Crippen LogP contribution is -2.25. The van der Waals surface area contributed by atoms with Gasteiger partial charge in [-0.15, -0.1) is 0 Å². The van der Waals surface area contributed by atoms with Gasteiger partial charge in [0.1, 0.15) is 5.75 Å². The fraction of sp³-hybridized carbons (Fsp3) is 0.188. The molecule has 0 unspecified atom stereocenters. The van der Waals surface area contributed by atoms with Crippen LogP contribution in [-0.4, -0.2) is 28.0 Å². The van der Waals surface area contributed by atoms with Crippen LogP contribution in [-0.2, 0) is 14.8 Å². The molecule has 1 N–H and O–H groups in total. The van der Waals surface area contributed by atoms with E-state index >= 15 is 0 Å². The number of hydrogen-bond acceptors (Lipinski definition) is 4. The minimum absolute atomic E-state index is 0.0770. The summed E-state index contributed by atoms with van der Waals surface area (Å²) in [5.41, 5.74) is 0.915. The molecule has 0 spiro atoms. The van der Waals surface area contributed by atoms with E-state index in [9.17, 15) is 13.2 Å². The van der Waals surface area contributed by atoms with Crippen LogP contribution in [0.15, 0.2) is 53.4 Å². The Morgan fingerprint density at radius 1 is 1.13 bits per heavy atom. The van der Waals surface area contributed by atoms with Gasteiger partial charge in [0.05, 0.1) is 29.3 Å². The summed E-state index contributed by atoms with van der Waals surface area (Å²) in [5.74, 6) is 0.479. The summed E-state index contributed by atoms with van der Waals surface area (Å²) >= 11 is 0. The molecule has 0 bridgehead atoms. The van der Waals surface area contributed by atoms with Gasteiger partial charge in [-0.2, -0.15) is 0 Å². The molecule has 1 amide bonds. The third-order valence-electron chi connectivity index (χ3n) is 3.57. The second-order valence-corrected chi connectivity index (χ2v) is 6.83. The van der Waals surface area contributed by atoms with Crippen molar-refractivity contribution in [3.63, 3.8) is 0 Å². The summed E-state index contributed by atoms with van der Waals surface area (Å²) < 4.78 is 32.8. The summed E-state index contributed by atoms with van der Waals surface area (Å²) in [4.78, 5) is 13.6. The van der Waals surface area contributed by atoms with Crippen LogP contribution in [0.5, 0.6) is 5.75 Å². The maximum Gasteiger partial charge on any atom is 0.261 e. The van der Waals surface area contributed by atoms with Gasteiger partial charge in [-0.25, -0.2) is 8.42 Å². The molecule has 3 rings (SSSR count). The summed E-state index contributed by atoms with van der Waals surface area (Å²) in [6.07, 6.45) is 0.288. The van der Waals surface area contributed by atoms with Crippen LogP contribution in [0.3, 0.4) is 0 Å². The van der Waals surface area contributed by atoms with E-state index in [1.807, 2.05) is 0 Å². The molecule has 0 aliphatic carbocycles. The number of nitrogens with one attached hydrogen (secondary N) is 1. The van der Waals surface area contributed by atoms with E-state index in [1.165, 1.54) is 17.0 Å². The quantitative estimate of drug-likeness (QED) is 0.935. The highest BCUT2D eigenvalue weighted by atomic mass is 32.2. The Kier molecular flexibility index (Phi) is 3.96. The number of hydrogen-bond donors (Lipinski definition) is 1. The molecule has 2 aromatic carbocycles. The Bertz CT molecular complexity index is 834. The fourth-order valence-corrected chi connectivity index (χ4v) is 3.40. The van der Waals surface area contributed by atoms with Gasteiger partial charge in [0, 0.05) is 7.05 Å². The first-order valence-electron chi connectivity index (χ1n) is 7.09. The van der Waals surface area contributed by atoms with Gasteiger partial charge >= 0.3 is 0 Å². The first-order valence-corrected chi connectivity index (χ1v) is 8.57. The van der Waals surface area contributed by atoms with Crippen LogP contribution in [0, 0.1) is 0 Å². The number of nitrogens with zero attached hydrogens (tertiary/aromatic N) is 1. The molecule has 0 atom stereocenters. The zero-order valence-electron chi connectivity index (χ0n) is 12.5. The molecular weight excluding hydrogens is 316 g/mol. The van der Waals surface area contributed by atoms with E-state index in [2.05, 4.69) is 4.72 Å². The van der Waals surface area contributed by atoms with Gasteiger partial charge < -0.3 is 9.64 Å². The molecule has 0 aromatic heterocycles. The Hall–Kier alpha value is -2.54. The zero-order chi connectivity index (χ0) is 16.4. The maximum absolute atomic E-state index is 12.4. The third kappa shape index (κ3) is 3.14. The largest absolute Gasteiger partial charge is 0.491 e. The van der Waals surface area contributed by atoms with E-state index in [1.54, 1.807) is 43.4 Å². The second kappa shape index (κ2) is 5.92. The normalized spacial score (nSPS) is 14.7. The van der Waals surface area contributed by atoms with Gasteiger partial charge in [-0.3, -0.25) is 9.52 Å². The number of rotatable bonds is 3. The van der Waals surface area contributed by atoms with Crippen molar-refractivity contribution >= 4 is 27.3 Å². The van der Waals surface area contributed by atoms with Gasteiger partial charge in [-0.05, 0) is 30.3 Å². The molecule has 0 fully saturated rings. The predicted molar refractivity (Wildman–Crippen MR) is 87.2 cm³/mol. The van der Waals surface area contributed by atoms with Gasteiger partial charge in [-0.1, -0.05) is 18.2 Å². The van der Waals surface area contributed by atoms with Gasteiger partial charge in [0.25, 0.3) is 10.0 Å². The Balaban J connectivity index is 1.94. The van der Waals surface area contributed by atoms with E-state index in [0.717, 1.165) is 0 Å². The molecule has 0 radical (unpaired) electrons. The van der Waals surface area contributed by atoms with Crippen LogP contribution < -0.4 is 14.4 Å². The number of benzene rings is 2. The average Bonchev–Trinajstić information content (AvgIpc) is 2.68. The number of anilines is 2. The SMILES string of the molecule is CN1C(=O)CCOc2ccc(NS(=O)(=O)c3ccccc3)cc21. The van der Waals surface area contributed by atoms with E-state index in [-0.39, 0.29) is 17.2 Å². The Morgan fingerprint density at radius 2 is 1.87 bits per heavy atom. The van der Waals surface area contributed by atoms with E-state index in [4.69, 9.17) is 4.74 Å². The highest BCUT2D eigenvalue weighted by molar-refractivity contribution is 7.92. The molecule has 1 aliphatic heterocycles. The first kappa shape index (κ1) is 15.4. The number of sulfonamides is 1.